The molecule has 7 nitrogen and oxygen atoms in total. The first-order chi connectivity index (χ1) is 18.4. The minimum absolute atomic E-state index is 0.126. The summed E-state index contributed by atoms with van der Waals surface area (Å²) in [5, 5.41) is 9.57. The number of amides is 2. The quantitative estimate of drug-likeness (QED) is 0.295. The predicted octanol–water partition coefficient (Wildman–Crippen LogP) is 6.54. The average Bonchev–Trinajstić information content (AvgIpc) is 3.27. The molecule has 0 bridgehead atoms. The third-order valence-corrected chi connectivity index (χ3v) is 7.64. The van der Waals surface area contributed by atoms with Gasteiger partial charge in [0.15, 0.2) is 0 Å². The first-order valence-corrected chi connectivity index (χ1v) is 13.4. The Morgan fingerprint density at radius 1 is 1.05 bits per heavy atom. The number of nitrogens with two attached hydrogens (primary N) is 1. The SMILES string of the molecule is CCc1nc2c(C)cc(N(C(N)=O)C3CCCCC3)cc2n1Cc1ccc(-c2ccccc2C(=O)O)cc1. The van der Waals surface area contributed by atoms with Crippen molar-refractivity contribution in [2.24, 2.45) is 5.73 Å². The number of fused-ring (bicyclic) bond motifs is 1. The van der Waals surface area contributed by atoms with E-state index in [1.807, 2.05) is 49.4 Å². The van der Waals surface area contributed by atoms with Crippen LogP contribution in [-0.4, -0.2) is 32.7 Å². The van der Waals surface area contributed by atoms with Gasteiger partial charge in [-0.3, -0.25) is 4.90 Å². The minimum Gasteiger partial charge on any atom is -0.478 e. The second-order valence-electron chi connectivity index (χ2n) is 10.1. The van der Waals surface area contributed by atoms with Crippen molar-refractivity contribution in [2.45, 2.75) is 65.0 Å². The van der Waals surface area contributed by atoms with E-state index in [4.69, 9.17) is 10.7 Å². The van der Waals surface area contributed by atoms with Gasteiger partial charge in [0.25, 0.3) is 0 Å². The second-order valence-corrected chi connectivity index (χ2v) is 10.1. The monoisotopic (exact) mass is 510 g/mol. The van der Waals surface area contributed by atoms with Gasteiger partial charge >= 0.3 is 12.0 Å². The van der Waals surface area contributed by atoms with E-state index in [2.05, 4.69) is 17.6 Å². The summed E-state index contributed by atoms with van der Waals surface area (Å²) in [4.78, 5) is 31.0. The molecular formula is C31H34N4O3. The van der Waals surface area contributed by atoms with Crippen LogP contribution in [0, 0.1) is 6.92 Å². The molecule has 0 spiro atoms. The number of hydrogen-bond acceptors (Lipinski definition) is 3. The number of rotatable bonds is 7. The number of carboxylic acids is 1. The molecule has 3 aromatic carbocycles. The van der Waals surface area contributed by atoms with Gasteiger partial charge in [-0.25, -0.2) is 14.6 Å². The van der Waals surface area contributed by atoms with Crippen LogP contribution in [0.4, 0.5) is 10.5 Å². The van der Waals surface area contributed by atoms with Crippen LogP contribution >= 0.6 is 0 Å². The van der Waals surface area contributed by atoms with Crippen LogP contribution in [0.2, 0.25) is 0 Å². The maximum Gasteiger partial charge on any atom is 0.336 e. The summed E-state index contributed by atoms with van der Waals surface area (Å²) in [7, 11) is 0. The van der Waals surface area contributed by atoms with E-state index in [1.54, 1.807) is 17.0 Å². The third-order valence-electron chi connectivity index (χ3n) is 7.64. The molecule has 1 aliphatic rings. The molecule has 1 aromatic heterocycles. The smallest absolute Gasteiger partial charge is 0.336 e. The van der Waals surface area contributed by atoms with E-state index < -0.39 is 12.0 Å². The molecule has 0 radical (unpaired) electrons. The highest BCUT2D eigenvalue weighted by Crippen LogP contribution is 2.32. The van der Waals surface area contributed by atoms with Crippen LogP contribution in [-0.2, 0) is 13.0 Å². The summed E-state index contributed by atoms with van der Waals surface area (Å²) >= 11 is 0. The minimum atomic E-state index is -0.938. The van der Waals surface area contributed by atoms with Gasteiger partial charge < -0.3 is 15.4 Å². The average molecular weight is 511 g/mol. The van der Waals surface area contributed by atoms with E-state index in [-0.39, 0.29) is 11.6 Å². The number of aryl methyl sites for hydroxylation is 2. The number of anilines is 1. The zero-order chi connectivity index (χ0) is 26.8. The Kier molecular flexibility index (Phi) is 7.18. The molecule has 2 amide bonds. The van der Waals surface area contributed by atoms with E-state index in [0.29, 0.717) is 12.1 Å². The molecule has 4 aromatic rings. The molecule has 5 rings (SSSR count). The Balaban J connectivity index is 1.52. The predicted molar refractivity (Wildman–Crippen MR) is 151 cm³/mol. The van der Waals surface area contributed by atoms with Gasteiger partial charge in [-0.1, -0.05) is 68.7 Å². The van der Waals surface area contributed by atoms with Gasteiger partial charge in [0.1, 0.15) is 5.82 Å². The number of hydrogen-bond donors (Lipinski definition) is 2. The number of imidazole rings is 1. The highest BCUT2D eigenvalue weighted by Gasteiger charge is 2.27. The number of aromatic carboxylic acids is 1. The number of benzene rings is 3. The summed E-state index contributed by atoms with van der Waals surface area (Å²) in [5.74, 6) is 0.0374. The lowest BCUT2D eigenvalue weighted by molar-refractivity contribution is 0.0697. The van der Waals surface area contributed by atoms with Crippen molar-refractivity contribution in [3.63, 3.8) is 0 Å². The molecule has 1 aliphatic carbocycles. The van der Waals surface area contributed by atoms with Crippen molar-refractivity contribution >= 4 is 28.7 Å². The number of carboxylic acid groups (broad SMARTS) is 1. The van der Waals surface area contributed by atoms with Crippen LogP contribution in [0.25, 0.3) is 22.2 Å². The summed E-state index contributed by atoms with van der Waals surface area (Å²) in [6, 6.07) is 18.9. The van der Waals surface area contributed by atoms with E-state index in [0.717, 1.165) is 71.3 Å². The molecule has 0 atom stereocenters. The number of carbonyl (C=O) groups excluding carboxylic acids is 1. The molecule has 38 heavy (non-hydrogen) atoms. The van der Waals surface area contributed by atoms with Gasteiger partial charge in [0, 0.05) is 24.7 Å². The van der Waals surface area contributed by atoms with Crippen LogP contribution in [0.15, 0.2) is 60.7 Å². The summed E-state index contributed by atoms with van der Waals surface area (Å²) < 4.78 is 2.21. The zero-order valence-electron chi connectivity index (χ0n) is 22.0. The van der Waals surface area contributed by atoms with Crippen LogP contribution < -0.4 is 10.6 Å². The fourth-order valence-electron chi connectivity index (χ4n) is 5.76. The molecule has 0 unspecified atom stereocenters. The Morgan fingerprint density at radius 2 is 1.76 bits per heavy atom. The van der Waals surface area contributed by atoms with Crippen LogP contribution in [0.3, 0.4) is 0 Å². The van der Waals surface area contributed by atoms with Crippen LogP contribution in [0.1, 0.15) is 66.3 Å². The summed E-state index contributed by atoms with van der Waals surface area (Å²) in [6.07, 6.45) is 6.14. The van der Waals surface area contributed by atoms with Gasteiger partial charge in [-0.2, -0.15) is 0 Å². The number of carbonyl (C=O) groups is 2. The van der Waals surface area contributed by atoms with Crippen molar-refractivity contribution < 1.29 is 14.7 Å². The third kappa shape index (κ3) is 4.88. The van der Waals surface area contributed by atoms with Crippen molar-refractivity contribution in [1.82, 2.24) is 9.55 Å². The summed E-state index contributed by atoms with van der Waals surface area (Å²) in [5.41, 5.74) is 12.6. The summed E-state index contributed by atoms with van der Waals surface area (Å²) in [6.45, 7) is 4.75. The molecule has 1 heterocycles. The van der Waals surface area contributed by atoms with Gasteiger partial charge in [0.05, 0.1) is 16.6 Å². The van der Waals surface area contributed by atoms with Crippen molar-refractivity contribution in [1.29, 1.82) is 0 Å². The highest BCUT2D eigenvalue weighted by atomic mass is 16.4. The van der Waals surface area contributed by atoms with E-state index in [9.17, 15) is 14.7 Å². The molecule has 0 saturated heterocycles. The lowest BCUT2D eigenvalue weighted by Crippen LogP contribution is -2.44. The molecule has 7 heteroatoms. The largest absolute Gasteiger partial charge is 0.478 e. The molecule has 1 fully saturated rings. The Hall–Kier alpha value is -4.13. The fraction of sp³-hybridized carbons (Fsp3) is 0.323. The molecule has 1 saturated carbocycles. The molecular weight excluding hydrogens is 476 g/mol. The maximum absolute atomic E-state index is 12.6. The number of aromatic nitrogens is 2. The van der Waals surface area contributed by atoms with Crippen molar-refractivity contribution in [3.05, 3.63) is 83.2 Å². The van der Waals surface area contributed by atoms with Gasteiger partial charge in [0.2, 0.25) is 0 Å². The molecule has 196 valence electrons. The van der Waals surface area contributed by atoms with E-state index >= 15 is 0 Å². The number of primary amides is 1. The lowest BCUT2D eigenvalue weighted by Gasteiger charge is -2.33. The molecule has 3 N–H and O–H groups in total. The van der Waals surface area contributed by atoms with Gasteiger partial charge in [-0.05, 0) is 60.2 Å². The Labute approximate surface area is 222 Å². The van der Waals surface area contributed by atoms with Crippen LogP contribution in [0.5, 0.6) is 0 Å². The topological polar surface area (TPSA) is 101 Å². The zero-order valence-corrected chi connectivity index (χ0v) is 22.0. The normalized spacial score (nSPS) is 14.1. The fourth-order valence-corrected chi connectivity index (χ4v) is 5.76. The number of urea groups is 1. The van der Waals surface area contributed by atoms with E-state index in [1.165, 1.54) is 6.42 Å². The van der Waals surface area contributed by atoms with Crippen molar-refractivity contribution in [3.8, 4) is 11.1 Å². The first kappa shape index (κ1) is 25.5. The number of nitrogens with zero attached hydrogens (tertiary/aromatic N) is 3. The van der Waals surface area contributed by atoms with Crippen molar-refractivity contribution in [2.75, 3.05) is 4.90 Å². The molecule has 0 aliphatic heterocycles. The van der Waals surface area contributed by atoms with Gasteiger partial charge in [-0.15, -0.1) is 0 Å². The lowest BCUT2D eigenvalue weighted by atomic mass is 9.94. The second kappa shape index (κ2) is 10.7. The standard InChI is InChI=1S/C31H34N4O3/c1-3-28-33-29-20(2)17-24(35(31(32)38)23-9-5-4-6-10-23)18-27(29)34(28)19-21-13-15-22(16-14-21)25-11-7-8-12-26(25)30(36)37/h7-8,11-18,23H,3-6,9-10,19H2,1-2H3,(H2,32,38)(H,36,37). The Morgan fingerprint density at radius 3 is 2.42 bits per heavy atom. The maximum atomic E-state index is 12.6. The Bertz CT molecular complexity index is 1480. The highest BCUT2D eigenvalue weighted by molar-refractivity contribution is 5.96. The first-order valence-electron chi connectivity index (χ1n) is 13.4.